The van der Waals surface area contributed by atoms with Gasteiger partial charge in [0.1, 0.15) is 5.60 Å². The van der Waals surface area contributed by atoms with Gasteiger partial charge in [-0.2, -0.15) is 0 Å². The van der Waals surface area contributed by atoms with Crippen molar-refractivity contribution in [1.29, 1.82) is 0 Å². The Kier molecular flexibility index (Phi) is 3.46. The average molecular weight is 278 g/mol. The average Bonchev–Trinajstić information content (AvgIpc) is 2.77. The molecule has 0 aliphatic heterocycles. The van der Waals surface area contributed by atoms with Crippen molar-refractivity contribution in [2.45, 2.75) is 52.2 Å². The van der Waals surface area contributed by atoms with E-state index in [1.165, 1.54) is 0 Å². The minimum absolute atomic E-state index is 0.0868. The molecule has 0 saturated heterocycles. The summed E-state index contributed by atoms with van der Waals surface area (Å²) >= 11 is 0. The molecule has 3 N–H and O–H groups in total. The van der Waals surface area contributed by atoms with Gasteiger partial charge < -0.3 is 10.5 Å². The third kappa shape index (κ3) is 3.07. The van der Waals surface area contributed by atoms with E-state index in [9.17, 15) is 4.79 Å². The molecule has 1 amide bonds. The zero-order valence-corrected chi connectivity index (χ0v) is 12.6. The summed E-state index contributed by atoms with van der Waals surface area (Å²) in [6.45, 7) is 9.64. The van der Waals surface area contributed by atoms with Gasteiger partial charge in [0.2, 0.25) is 5.95 Å². The number of anilines is 1. The van der Waals surface area contributed by atoms with Crippen LogP contribution < -0.4 is 11.1 Å². The van der Waals surface area contributed by atoms with Crippen molar-refractivity contribution in [2.24, 2.45) is 11.1 Å². The van der Waals surface area contributed by atoms with E-state index in [1.54, 1.807) is 33.2 Å². The van der Waals surface area contributed by atoms with Crippen LogP contribution in [0.3, 0.4) is 0 Å². The zero-order valence-electron chi connectivity index (χ0n) is 12.6. The Morgan fingerprint density at radius 3 is 2.25 bits per heavy atom. The van der Waals surface area contributed by atoms with Crippen LogP contribution >= 0.6 is 0 Å². The van der Waals surface area contributed by atoms with Crippen LogP contribution in [0.15, 0.2) is 12.4 Å². The van der Waals surface area contributed by atoms with Gasteiger partial charge in [-0.3, -0.25) is 5.32 Å². The van der Waals surface area contributed by atoms with Crippen molar-refractivity contribution >= 4 is 12.0 Å². The van der Waals surface area contributed by atoms with E-state index in [4.69, 9.17) is 10.5 Å². The summed E-state index contributed by atoms with van der Waals surface area (Å²) in [6.07, 6.45) is 2.85. The van der Waals surface area contributed by atoms with Crippen LogP contribution in [-0.4, -0.2) is 27.7 Å². The quantitative estimate of drug-likeness (QED) is 0.866. The molecule has 1 aromatic heterocycles. The third-order valence-corrected chi connectivity index (χ3v) is 3.55. The molecule has 1 aliphatic rings. The lowest BCUT2D eigenvalue weighted by Gasteiger charge is -2.19. The van der Waals surface area contributed by atoms with Gasteiger partial charge in [0.25, 0.3) is 0 Å². The van der Waals surface area contributed by atoms with Gasteiger partial charge in [0.05, 0.1) is 0 Å². The van der Waals surface area contributed by atoms with Crippen LogP contribution in [0, 0.1) is 5.41 Å². The smallest absolute Gasteiger partial charge is 0.414 e. The number of amides is 1. The molecule has 6 heteroatoms. The van der Waals surface area contributed by atoms with Crippen LogP contribution in [0.1, 0.15) is 46.1 Å². The molecular weight excluding hydrogens is 256 g/mol. The van der Waals surface area contributed by atoms with Gasteiger partial charge >= 0.3 is 6.09 Å². The van der Waals surface area contributed by atoms with Gasteiger partial charge in [-0.15, -0.1) is 0 Å². The van der Waals surface area contributed by atoms with Crippen LogP contribution in [0.5, 0.6) is 0 Å². The highest BCUT2D eigenvalue weighted by molar-refractivity contribution is 5.82. The molecule has 1 saturated carbocycles. The molecule has 0 radical (unpaired) electrons. The standard InChI is InChI=1S/C14H22N4O2/c1-13(2,3)20-12(19)18-11-16-6-8(7-17-11)9-10(15)14(9,4)5/h6-7,9-10H,15H2,1-5H3,(H,16,17,18,19). The topological polar surface area (TPSA) is 90.1 Å². The van der Waals surface area contributed by atoms with Crippen LogP contribution in [-0.2, 0) is 4.74 Å². The number of hydrogen-bond acceptors (Lipinski definition) is 5. The second-order valence-corrected chi connectivity index (χ2v) is 6.79. The first-order valence-electron chi connectivity index (χ1n) is 6.69. The highest BCUT2D eigenvalue weighted by Gasteiger charge is 2.56. The first kappa shape index (κ1) is 14.7. The van der Waals surface area contributed by atoms with Gasteiger partial charge in [0, 0.05) is 24.4 Å². The third-order valence-electron chi connectivity index (χ3n) is 3.55. The fourth-order valence-corrected chi connectivity index (χ4v) is 2.27. The maximum atomic E-state index is 11.6. The molecule has 6 nitrogen and oxygen atoms in total. The summed E-state index contributed by atoms with van der Waals surface area (Å²) < 4.78 is 5.13. The lowest BCUT2D eigenvalue weighted by molar-refractivity contribution is 0.0634. The predicted octanol–water partition coefficient (Wildman–Crippen LogP) is 2.27. The molecule has 2 atom stereocenters. The van der Waals surface area contributed by atoms with Gasteiger partial charge in [-0.1, -0.05) is 13.8 Å². The minimum atomic E-state index is -0.561. The molecule has 0 bridgehead atoms. The van der Waals surface area contributed by atoms with E-state index in [2.05, 4.69) is 29.1 Å². The predicted molar refractivity (Wildman–Crippen MR) is 76.4 cm³/mol. The molecule has 20 heavy (non-hydrogen) atoms. The van der Waals surface area contributed by atoms with Crippen molar-refractivity contribution < 1.29 is 9.53 Å². The summed E-state index contributed by atoms with van der Waals surface area (Å²) in [5.41, 5.74) is 6.56. The van der Waals surface area contributed by atoms with E-state index in [0.717, 1.165) is 5.56 Å². The summed E-state index contributed by atoms with van der Waals surface area (Å²) in [7, 11) is 0. The molecule has 1 fully saturated rings. The largest absolute Gasteiger partial charge is 0.444 e. The molecule has 0 aromatic carbocycles. The fourth-order valence-electron chi connectivity index (χ4n) is 2.27. The Labute approximate surface area is 119 Å². The number of aromatic nitrogens is 2. The Morgan fingerprint density at radius 2 is 1.85 bits per heavy atom. The van der Waals surface area contributed by atoms with Crippen LogP contribution in [0.4, 0.5) is 10.7 Å². The van der Waals surface area contributed by atoms with E-state index in [1.807, 2.05) is 0 Å². The molecule has 110 valence electrons. The van der Waals surface area contributed by atoms with Crippen LogP contribution in [0.25, 0.3) is 0 Å². The molecule has 1 aromatic rings. The monoisotopic (exact) mass is 278 g/mol. The van der Waals surface area contributed by atoms with Crippen molar-refractivity contribution in [3.8, 4) is 0 Å². The minimum Gasteiger partial charge on any atom is -0.444 e. The lowest BCUT2D eigenvalue weighted by atomic mass is 10.1. The van der Waals surface area contributed by atoms with E-state index >= 15 is 0 Å². The van der Waals surface area contributed by atoms with Crippen molar-refractivity contribution in [2.75, 3.05) is 5.32 Å². The normalized spacial score (nSPS) is 24.1. The lowest BCUT2D eigenvalue weighted by Crippen LogP contribution is -2.27. The maximum Gasteiger partial charge on any atom is 0.414 e. The SMILES string of the molecule is CC(C)(C)OC(=O)Nc1ncc(C2C(N)C2(C)C)cn1. The molecule has 0 spiro atoms. The first-order chi connectivity index (χ1) is 9.11. The van der Waals surface area contributed by atoms with Crippen molar-refractivity contribution in [3.05, 3.63) is 18.0 Å². The first-order valence-corrected chi connectivity index (χ1v) is 6.69. The Morgan fingerprint density at radius 1 is 1.35 bits per heavy atom. The number of nitrogens with one attached hydrogen (secondary N) is 1. The number of carbonyl (C=O) groups is 1. The second-order valence-electron chi connectivity index (χ2n) is 6.79. The number of ether oxygens (including phenoxy) is 1. The van der Waals surface area contributed by atoms with Crippen molar-refractivity contribution in [1.82, 2.24) is 9.97 Å². The summed E-state index contributed by atoms with van der Waals surface area (Å²) in [5.74, 6) is 0.508. The molecule has 2 rings (SSSR count). The van der Waals surface area contributed by atoms with Gasteiger partial charge in [0.15, 0.2) is 0 Å². The highest BCUT2D eigenvalue weighted by atomic mass is 16.6. The number of rotatable bonds is 2. The van der Waals surface area contributed by atoms with Gasteiger partial charge in [-0.05, 0) is 31.7 Å². The second kappa shape index (κ2) is 4.70. The van der Waals surface area contributed by atoms with Crippen molar-refractivity contribution in [3.63, 3.8) is 0 Å². The summed E-state index contributed by atoms with van der Waals surface area (Å²) in [5, 5.41) is 2.50. The maximum absolute atomic E-state index is 11.6. The Bertz CT molecular complexity index is 505. The van der Waals surface area contributed by atoms with Crippen LogP contribution in [0.2, 0.25) is 0 Å². The van der Waals surface area contributed by atoms with E-state index in [-0.39, 0.29) is 23.3 Å². The Hall–Kier alpha value is -1.69. The summed E-state index contributed by atoms with van der Waals surface area (Å²) in [6, 6.07) is 0.135. The number of nitrogens with two attached hydrogens (primary N) is 1. The molecule has 1 aliphatic carbocycles. The molecule has 1 heterocycles. The zero-order chi connectivity index (χ0) is 15.1. The molecular formula is C14H22N4O2. The number of hydrogen-bond donors (Lipinski definition) is 2. The fraction of sp³-hybridized carbons (Fsp3) is 0.643. The molecule has 2 unspecified atom stereocenters. The number of nitrogens with zero attached hydrogens (tertiary/aromatic N) is 2. The Balaban J connectivity index is 1.98. The highest BCUT2D eigenvalue weighted by Crippen LogP contribution is 2.56. The van der Waals surface area contributed by atoms with Gasteiger partial charge in [-0.25, -0.2) is 14.8 Å². The number of carbonyl (C=O) groups excluding carboxylic acids is 1. The van der Waals surface area contributed by atoms with E-state index in [0.29, 0.717) is 0 Å². The van der Waals surface area contributed by atoms with E-state index < -0.39 is 11.7 Å². The summed E-state index contributed by atoms with van der Waals surface area (Å²) in [4.78, 5) is 19.8.